The van der Waals surface area contributed by atoms with Crippen LogP contribution in [0.25, 0.3) is 0 Å². The molecule has 106 valence electrons. The maximum Gasteiger partial charge on any atom is 0.465 e. The van der Waals surface area contributed by atoms with Gasteiger partial charge in [0.15, 0.2) is 0 Å². The smallest absolute Gasteiger partial charge is 0.403 e. The monoisotopic (exact) mass is 262 g/mol. The van der Waals surface area contributed by atoms with Gasteiger partial charge in [0.1, 0.15) is 0 Å². The Morgan fingerprint density at radius 1 is 1.21 bits per heavy atom. The van der Waals surface area contributed by atoms with Gasteiger partial charge in [-0.05, 0) is 46.1 Å². The van der Waals surface area contributed by atoms with E-state index in [4.69, 9.17) is 9.31 Å². The summed E-state index contributed by atoms with van der Waals surface area (Å²) >= 11 is 0. The van der Waals surface area contributed by atoms with E-state index in [0.717, 1.165) is 12.3 Å². The van der Waals surface area contributed by atoms with Gasteiger partial charge in [0.25, 0.3) is 0 Å². The molecule has 0 aromatic carbocycles. The van der Waals surface area contributed by atoms with Gasteiger partial charge in [-0.25, -0.2) is 0 Å². The summed E-state index contributed by atoms with van der Waals surface area (Å²) in [6, 6.07) is 0. The second-order valence-corrected chi connectivity index (χ2v) is 7.05. The molecule has 0 bridgehead atoms. The molecule has 0 amide bonds. The molecule has 1 heterocycles. The zero-order valence-corrected chi connectivity index (χ0v) is 12.9. The molecule has 1 saturated heterocycles. The number of hydrogen-bond acceptors (Lipinski definition) is 2. The van der Waals surface area contributed by atoms with Crippen molar-refractivity contribution in [1.82, 2.24) is 0 Å². The molecule has 0 aromatic rings. The first-order chi connectivity index (χ1) is 8.86. The first kappa shape index (κ1) is 14.9. The molecule has 2 nitrogen and oxygen atoms in total. The number of rotatable bonds is 4. The predicted octanol–water partition coefficient (Wildman–Crippen LogP) is 4.37. The van der Waals surface area contributed by atoms with E-state index in [1.807, 2.05) is 6.08 Å². The van der Waals surface area contributed by atoms with Gasteiger partial charge in [0.05, 0.1) is 11.2 Å². The molecular weight excluding hydrogens is 235 g/mol. The summed E-state index contributed by atoms with van der Waals surface area (Å²) in [5, 5.41) is 0. The van der Waals surface area contributed by atoms with Crippen LogP contribution in [0.15, 0.2) is 18.4 Å². The maximum absolute atomic E-state index is 6.17. The number of allylic oxidation sites excluding steroid dienone is 1. The normalized spacial score (nSPS) is 27.3. The van der Waals surface area contributed by atoms with Crippen LogP contribution >= 0.6 is 0 Å². The highest BCUT2D eigenvalue weighted by molar-refractivity contribution is 6.48. The Morgan fingerprint density at radius 2 is 1.74 bits per heavy atom. The van der Waals surface area contributed by atoms with E-state index in [9.17, 15) is 0 Å². The van der Waals surface area contributed by atoms with Crippen molar-refractivity contribution >= 4 is 7.12 Å². The van der Waals surface area contributed by atoms with Crippen molar-refractivity contribution < 1.29 is 9.31 Å². The van der Waals surface area contributed by atoms with Gasteiger partial charge in [0, 0.05) is 5.82 Å². The quantitative estimate of drug-likeness (QED) is 0.553. The largest absolute Gasteiger partial charge is 0.465 e. The Bertz CT molecular complexity index is 347. The summed E-state index contributed by atoms with van der Waals surface area (Å²) < 4.78 is 12.3. The lowest BCUT2D eigenvalue weighted by atomic mass is 9.67. The van der Waals surface area contributed by atoms with Gasteiger partial charge in [0.2, 0.25) is 0 Å². The van der Waals surface area contributed by atoms with E-state index in [1.54, 1.807) is 0 Å². The van der Waals surface area contributed by atoms with Gasteiger partial charge in [-0.3, -0.25) is 0 Å². The molecule has 0 aromatic heterocycles. The first-order valence-electron chi connectivity index (χ1n) is 7.57. The van der Waals surface area contributed by atoms with E-state index in [0.29, 0.717) is 0 Å². The SMILES string of the molecule is C=C=CC(CC1CCCC1)B1OC(C)(C)C(C)(C)O1. The fraction of sp³-hybridized carbons (Fsp3) is 0.812. The molecular formula is C16H27BO2. The van der Waals surface area contributed by atoms with Crippen LogP contribution in [-0.4, -0.2) is 18.3 Å². The highest BCUT2D eigenvalue weighted by atomic mass is 16.7. The van der Waals surface area contributed by atoms with Crippen LogP contribution in [0.2, 0.25) is 5.82 Å². The molecule has 2 aliphatic rings. The third kappa shape index (κ3) is 3.16. The third-order valence-electron chi connectivity index (χ3n) is 5.03. The van der Waals surface area contributed by atoms with E-state index >= 15 is 0 Å². The van der Waals surface area contributed by atoms with Crippen molar-refractivity contribution in [2.24, 2.45) is 5.92 Å². The van der Waals surface area contributed by atoms with Gasteiger partial charge < -0.3 is 9.31 Å². The van der Waals surface area contributed by atoms with Gasteiger partial charge in [-0.15, -0.1) is 5.73 Å². The van der Waals surface area contributed by atoms with Gasteiger partial charge in [-0.1, -0.05) is 32.3 Å². The Labute approximate surface area is 118 Å². The lowest BCUT2D eigenvalue weighted by Crippen LogP contribution is -2.41. The van der Waals surface area contributed by atoms with Crippen LogP contribution in [-0.2, 0) is 9.31 Å². The lowest BCUT2D eigenvalue weighted by molar-refractivity contribution is 0.00578. The molecule has 2 fully saturated rings. The molecule has 0 spiro atoms. The van der Waals surface area contributed by atoms with E-state index < -0.39 is 0 Å². The molecule has 19 heavy (non-hydrogen) atoms. The van der Waals surface area contributed by atoms with Crippen LogP contribution in [0.1, 0.15) is 59.8 Å². The predicted molar refractivity (Wildman–Crippen MR) is 80.1 cm³/mol. The molecule has 3 heteroatoms. The molecule has 1 saturated carbocycles. The summed E-state index contributed by atoms with van der Waals surface area (Å²) in [6.45, 7) is 12.2. The van der Waals surface area contributed by atoms with Gasteiger partial charge in [-0.2, -0.15) is 0 Å². The molecule has 0 N–H and O–H groups in total. The molecule has 1 aliphatic carbocycles. The fourth-order valence-electron chi connectivity index (χ4n) is 3.10. The molecule has 2 rings (SSSR count). The minimum absolute atomic E-state index is 0.153. The fourth-order valence-corrected chi connectivity index (χ4v) is 3.10. The molecule has 1 aliphatic heterocycles. The van der Waals surface area contributed by atoms with Crippen molar-refractivity contribution in [3.05, 3.63) is 18.4 Å². The second-order valence-electron chi connectivity index (χ2n) is 7.05. The summed E-state index contributed by atoms with van der Waals surface area (Å²) in [5.74, 6) is 1.09. The van der Waals surface area contributed by atoms with Gasteiger partial charge >= 0.3 is 7.12 Å². The molecule has 1 unspecified atom stereocenters. The van der Waals surface area contributed by atoms with Crippen LogP contribution < -0.4 is 0 Å². The summed E-state index contributed by atoms with van der Waals surface area (Å²) in [4.78, 5) is 0. The Hall–Kier alpha value is -0.495. The first-order valence-corrected chi connectivity index (χ1v) is 7.57. The Balaban J connectivity index is 2.06. The summed E-state index contributed by atoms with van der Waals surface area (Å²) in [6.07, 6.45) is 8.62. The number of hydrogen-bond donors (Lipinski definition) is 0. The lowest BCUT2D eigenvalue weighted by Gasteiger charge is -2.32. The zero-order valence-electron chi connectivity index (χ0n) is 12.9. The van der Waals surface area contributed by atoms with E-state index in [1.165, 1.54) is 25.7 Å². The highest BCUT2D eigenvalue weighted by Crippen LogP contribution is 2.43. The zero-order chi connectivity index (χ0) is 14.1. The Kier molecular flexibility index (Phi) is 4.30. The topological polar surface area (TPSA) is 18.5 Å². The maximum atomic E-state index is 6.17. The minimum Gasteiger partial charge on any atom is -0.403 e. The van der Waals surface area contributed by atoms with Crippen molar-refractivity contribution in [1.29, 1.82) is 0 Å². The van der Waals surface area contributed by atoms with Crippen molar-refractivity contribution in [3.63, 3.8) is 0 Å². The summed E-state index contributed by atoms with van der Waals surface area (Å²) in [5.41, 5.74) is 2.44. The van der Waals surface area contributed by atoms with Crippen molar-refractivity contribution in [2.75, 3.05) is 0 Å². The van der Waals surface area contributed by atoms with Crippen molar-refractivity contribution in [2.45, 2.75) is 76.8 Å². The van der Waals surface area contributed by atoms with Crippen LogP contribution in [0.4, 0.5) is 0 Å². The second kappa shape index (κ2) is 5.48. The minimum atomic E-state index is -0.249. The van der Waals surface area contributed by atoms with Crippen LogP contribution in [0.5, 0.6) is 0 Å². The summed E-state index contributed by atoms with van der Waals surface area (Å²) in [7, 11) is -0.153. The van der Waals surface area contributed by atoms with E-state index in [2.05, 4.69) is 40.0 Å². The average Bonchev–Trinajstić information content (AvgIpc) is 2.85. The average molecular weight is 262 g/mol. The van der Waals surface area contributed by atoms with E-state index in [-0.39, 0.29) is 24.1 Å². The standard InChI is InChI=1S/C16H27BO2/c1-6-9-14(12-13-10-7-8-11-13)17-18-15(2,3)16(4,5)19-17/h9,13-14H,1,7-8,10-12H2,2-5H3. The third-order valence-corrected chi connectivity index (χ3v) is 5.03. The molecule has 0 radical (unpaired) electrons. The van der Waals surface area contributed by atoms with Crippen LogP contribution in [0, 0.1) is 5.92 Å². The highest BCUT2D eigenvalue weighted by Gasteiger charge is 2.53. The van der Waals surface area contributed by atoms with Crippen LogP contribution in [0.3, 0.4) is 0 Å². The van der Waals surface area contributed by atoms with Crippen molar-refractivity contribution in [3.8, 4) is 0 Å². The Morgan fingerprint density at radius 3 is 2.21 bits per heavy atom. The molecule has 1 atom stereocenters.